The first kappa shape index (κ1) is 57.7. The average Bonchev–Trinajstić information content (AvgIpc) is 4.49. The van der Waals surface area contributed by atoms with E-state index in [1.165, 1.54) is 12.1 Å². The van der Waals surface area contributed by atoms with Crippen molar-refractivity contribution >= 4 is 52.3 Å². The summed E-state index contributed by atoms with van der Waals surface area (Å²) in [5.74, 6) is 1.09. The summed E-state index contributed by atoms with van der Waals surface area (Å²) >= 11 is 0. The number of likely N-dealkylation sites (tertiary alicyclic amines) is 1. The number of carbonyl (C=O) groups excluding carboxylic acids is 1. The van der Waals surface area contributed by atoms with E-state index in [1.807, 2.05) is 59.5 Å². The second-order valence-corrected chi connectivity index (χ2v) is 22.7. The van der Waals surface area contributed by atoms with Gasteiger partial charge < -0.3 is 54.5 Å². The number of carbonyl (C=O) groups is 3. The largest absolute Gasteiger partial charge is 0.507 e. The van der Waals surface area contributed by atoms with Crippen molar-refractivity contribution in [3.63, 3.8) is 0 Å². The van der Waals surface area contributed by atoms with Crippen LogP contribution in [-0.4, -0.2) is 105 Å². The molecule has 3 aromatic carbocycles. The van der Waals surface area contributed by atoms with Crippen LogP contribution in [0, 0.1) is 17.3 Å². The van der Waals surface area contributed by atoms with Gasteiger partial charge in [-0.2, -0.15) is 0 Å². The Morgan fingerprint density at radius 3 is 1.74 bits per heavy atom. The molecule has 4 fully saturated rings. The van der Waals surface area contributed by atoms with Gasteiger partial charge in [-0.15, -0.1) is 12.4 Å². The van der Waals surface area contributed by atoms with Crippen LogP contribution in [0.4, 0.5) is 0 Å². The molecule has 2 saturated heterocycles. The van der Waals surface area contributed by atoms with Gasteiger partial charge in [0.1, 0.15) is 57.8 Å². The Kier molecular flexibility index (Phi) is 17.7. The minimum Gasteiger partial charge on any atom is -0.507 e. The molecule has 2 aliphatic heterocycles. The molecule has 0 bridgehead atoms. The molecular formula is C62H69ClN6O12. The lowest BCUT2D eigenvalue weighted by atomic mass is 9.86. The van der Waals surface area contributed by atoms with Crippen molar-refractivity contribution in [3.8, 4) is 51.3 Å². The van der Waals surface area contributed by atoms with Crippen LogP contribution < -0.4 is 35.4 Å². The summed E-state index contributed by atoms with van der Waals surface area (Å²) in [4.78, 5) is 79.0. The maximum Gasteiger partial charge on any atom is 0.341 e. The zero-order valence-corrected chi connectivity index (χ0v) is 46.8. The molecule has 81 heavy (non-hydrogen) atoms. The summed E-state index contributed by atoms with van der Waals surface area (Å²) in [6.07, 6.45) is 8.49. The Balaban J connectivity index is 0.000000208. The SMILES string of the molecule is COc1ccc(COc2cccc(OCC3CC3)c2-c2cc(C3CCCN(C(=O)CC(C)(C)C)C3)c3cc(C(=O)O)c(=O)[nH]c3n2)cc1.Cl.O=C(O)c1cc2c(C3CCCNC3)cc(-c3c(O)cccc3OCC3CC3)nc2[nH]c1=O. The number of nitrogens with zero attached hydrogens (tertiary/aromatic N) is 3. The standard InChI is InChI=1S/C38H43N3O7.C24H25N3O5.ClH/c1-38(2,3)19-33(42)41-16-6-7-25(20-41)27-18-30(39-35-28(27)17-29(37(44)45)36(43)40-35)34-31(47-21-23-10-11-23)8-5-9-32(34)48-22-24-12-14-26(46-4)15-13-24;28-19-4-1-5-20(32-12-13-6-7-13)21(19)18-10-15(14-3-2-8-25-11-14)16-9-17(24(30)31)23(29)27-22(16)26-18;/h5,8-9,12-15,17-18,23,25H,6-7,10-11,16,19-22H2,1-4H3,(H,44,45)(H,39,40,43);1,4-5,9-10,13-14,25,28H,2-3,6-8,11-12H2,(H,30,31)(H,26,27,29);1H. The zero-order chi connectivity index (χ0) is 56.2. The van der Waals surface area contributed by atoms with E-state index < -0.39 is 23.1 Å². The normalized spacial score (nSPS) is 17.1. The van der Waals surface area contributed by atoms with Crippen molar-refractivity contribution in [1.82, 2.24) is 30.2 Å². The van der Waals surface area contributed by atoms with Gasteiger partial charge in [-0.3, -0.25) is 14.4 Å². The number of piperidine rings is 2. The smallest absolute Gasteiger partial charge is 0.341 e. The van der Waals surface area contributed by atoms with Gasteiger partial charge in [0.25, 0.3) is 11.1 Å². The fraction of sp³-hybridized carbons (Fsp3) is 0.403. The molecule has 2 saturated carbocycles. The van der Waals surface area contributed by atoms with E-state index in [-0.39, 0.29) is 64.7 Å². The van der Waals surface area contributed by atoms with Crippen LogP contribution >= 0.6 is 12.4 Å². The molecule has 18 nitrogen and oxygen atoms in total. The second kappa shape index (κ2) is 24.8. The molecule has 426 valence electrons. The number of ether oxygens (including phenoxy) is 4. The highest BCUT2D eigenvalue weighted by atomic mass is 35.5. The number of benzene rings is 3. The third-order valence-electron chi connectivity index (χ3n) is 15.2. The van der Waals surface area contributed by atoms with Gasteiger partial charge in [0.15, 0.2) is 0 Å². The van der Waals surface area contributed by atoms with Crippen molar-refractivity contribution in [1.29, 1.82) is 0 Å². The van der Waals surface area contributed by atoms with Gasteiger partial charge in [0.05, 0.1) is 42.8 Å². The molecule has 4 aromatic heterocycles. The average molecular weight is 1130 g/mol. The van der Waals surface area contributed by atoms with Crippen LogP contribution in [0.1, 0.15) is 128 Å². The number of pyridine rings is 4. The number of fused-ring (bicyclic) bond motifs is 2. The van der Waals surface area contributed by atoms with Crippen molar-refractivity contribution < 1.29 is 48.7 Å². The predicted molar refractivity (Wildman–Crippen MR) is 310 cm³/mol. The highest BCUT2D eigenvalue weighted by Gasteiger charge is 2.32. The Morgan fingerprint density at radius 2 is 1.21 bits per heavy atom. The number of phenols is 1. The number of phenolic OH excluding ortho intramolecular Hbond substituents is 1. The molecule has 2 aliphatic carbocycles. The molecule has 6 heterocycles. The third kappa shape index (κ3) is 13.8. The van der Waals surface area contributed by atoms with Crippen molar-refractivity contribution in [2.45, 2.75) is 97.0 Å². The maximum absolute atomic E-state index is 13.3. The Bertz CT molecular complexity index is 3580. The van der Waals surface area contributed by atoms with E-state index in [4.69, 9.17) is 23.9 Å². The number of H-pyrrole nitrogens is 2. The Morgan fingerprint density at radius 1 is 0.679 bits per heavy atom. The van der Waals surface area contributed by atoms with Gasteiger partial charge in [0.2, 0.25) is 5.91 Å². The van der Waals surface area contributed by atoms with Crippen LogP contribution in [0.25, 0.3) is 44.6 Å². The van der Waals surface area contributed by atoms with Gasteiger partial charge >= 0.3 is 11.9 Å². The minimum absolute atomic E-state index is 0. The summed E-state index contributed by atoms with van der Waals surface area (Å²) in [6.45, 7) is 10.4. The maximum atomic E-state index is 13.3. The summed E-state index contributed by atoms with van der Waals surface area (Å²) in [7, 11) is 1.63. The first-order chi connectivity index (χ1) is 38.5. The first-order valence-electron chi connectivity index (χ1n) is 27.6. The number of carboxylic acid groups (broad SMARTS) is 2. The number of amides is 1. The van der Waals surface area contributed by atoms with Crippen LogP contribution in [0.2, 0.25) is 0 Å². The number of aromatic hydroxyl groups is 1. The van der Waals surface area contributed by atoms with Crippen LogP contribution in [-0.2, 0) is 11.4 Å². The highest BCUT2D eigenvalue weighted by molar-refractivity contribution is 5.95. The lowest BCUT2D eigenvalue weighted by molar-refractivity contribution is -0.134. The molecule has 2 atom stereocenters. The van der Waals surface area contributed by atoms with Gasteiger partial charge in [-0.05, 0) is 158 Å². The van der Waals surface area contributed by atoms with Gasteiger partial charge in [0, 0.05) is 42.7 Å². The number of aromatic carboxylic acids is 2. The van der Waals surface area contributed by atoms with E-state index in [0.717, 1.165) is 86.9 Å². The van der Waals surface area contributed by atoms with E-state index in [9.17, 15) is 39.3 Å². The van der Waals surface area contributed by atoms with E-state index in [2.05, 4.69) is 41.0 Å². The van der Waals surface area contributed by atoms with Crippen LogP contribution in [0.5, 0.6) is 28.7 Å². The monoisotopic (exact) mass is 1120 g/mol. The first-order valence-corrected chi connectivity index (χ1v) is 27.6. The number of methoxy groups -OCH3 is 1. The van der Waals surface area contributed by atoms with Gasteiger partial charge in [-0.1, -0.05) is 45.0 Å². The third-order valence-corrected chi connectivity index (χ3v) is 15.2. The highest BCUT2D eigenvalue weighted by Crippen LogP contribution is 2.44. The topological polar surface area (TPSA) is 256 Å². The fourth-order valence-electron chi connectivity index (χ4n) is 10.6. The summed E-state index contributed by atoms with van der Waals surface area (Å²) in [5, 5.41) is 34.5. The molecule has 1 amide bonds. The molecule has 0 radical (unpaired) electrons. The van der Waals surface area contributed by atoms with Crippen molar-refractivity contribution in [2.75, 3.05) is 46.5 Å². The summed E-state index contributed by atoms with van der Waals surface area (Å²) < 4.78 is 24.1. The van der Waals surface area contributed by atoms with E-state index in [1.54, 1.807) is 25.3 Å². The number of hydrogen-bond donors (Lipinski definition) is 6. The molecule has 6 N–H and O–H groups in total. The number of aromatic amines is 2. The van der Waals surface area contributed by atoms with Crippen LogP contribution in [0.3, 0.4) is 0 Å². The molecule has 0 spiro atoms. The summed E-state index contributed by atoms with van der Waals surface area (Å²) in [6, 6.07) is 25.1. The van der Waals surface area contributed by atoms with E-state index in [0.29, 0.717) is 101 Å². The molecule has 2 unspecified atom stereocenters. The van der Waals surface area contributed by atoms with Gasteiger partial charge in [-0.25, -0.2) is 19.6 Å². The quantitative estimate of drug-likeness (QED) is 0.0496. The summed E-state index contributed by atoms with van der Waals surface area (Å²) in [5.41, 5.74) is 3.13. The lowest BCUT2D eigenvalue weighted by Gasteiger charge is -2.35. The number of aromatic nitrogens is 4. The minimum atomic E-state index is -1.31. The lowest BCUT2D eigenvalue weighted by Crippen LogP contribution is -2.40. The van der Waals surface area contributed by atoms with E-state index >= 15 is 0 Å². The van der Waals surface area contributed by atoms with Crippen molar-refractivity contribution in [2.24, 2.45) is 17.3 Å². The predicted octanol–water partition coefficient (Wildman–Crippen LogP) is 10.5. The number of nitrogens with one attached hydrogen (secondary N) is 3. The molecule has 7 aromatic rings. The molecule has 4 aliphatic rings. The molecular weight excluding hydrogens is 1060 g/mol. The Hall–Kier alpha value is -7.96. The number of carboxylic acids is 2. The fourth-order valence-corrected chi connectivity index (χ4v) is 10.6. The molecule has 11 rings (SSSR count). The zero-order valence-electron chi connectivity index (χ0n) is 46.0. The number of rotatable bonds is 17. The molecule has 19 heteroatoms. The van der Waals surface area contributed by atoms with Crippen LogP contribution in [0.15, 0.2) is 94.5 Å². The number of hydrogen-bond acceptors (Lipinski definition) is 13. The second-order valence-electron chi connectivity index (χ2n) is 22.7. The number of halogens is 1. The van der Waals surface area contributed by atoms with Crippen molar-refractivity contribution in [3.05, 3.63) is 133 Å². The Labute approximate surface area is 474 Å².